The van der Waals surface area contributed by atoms with E-state index in [0.29, 0.717) is 18.8 Å². The molecule has 0 aliphatic heterocycles. The van der Waals surface area contributed by atoms with Crippen LogP contribution in [0, 0.1) is 13.8 Å². The molecule has 0 aliphatic carbocycles. The number of imidazole rings is 1. The molecule has 0 unspecified atom stereocenters. The summed E-state index contributed by atoms with van der Waals surface area (Å²) in [7, 11) is 1.62. The highest BCUT2D eigenvalue weighted by atomic mass is 16.5. The molecule has 0 fully saturated rings. The number of nitrogens with zero attached hydrogens (tertiary/aromatic N) is 2. The van der Waals surface area contributed by atoms with Crippen molar-refractivity contribution in [3.8, 4) is 28.3 Å². The maximum Gasteiger partial charge on any atom is 0.270 e. The summed E-state index contributed by atoms with van der Waals surface area (Å²) in [4.78, 5) is 16.9. The number of carbonyl (C=O) groups is 1. The van der Waals surface area contributed by atoms with Crippen LogP contribution in [0.4, 0.5) is 0 Å². The van der Waals surface area contributed by atoms with E-state index in [1.807, 2.05) is 36.4 Å². The van der Waals surface area contributed by atoms with Gasteiger partial charge >= 0.3 is 0 Å². The largest absolute Gasteiger partial charge is 0.497 e. The molecule has 4 aromatic rings. The molecule has 6 heteroatoms. The van der Waals surface area contributed by atoms with Gasteiger partial charge in [0, 0.05) is 5.69 Å². The van der Waals surface area contributed by atoms with Gasteiger partial charge in [-0.05, 0) is 61.4 Å². The average molecular weight is 442 g/mol. The molecule has 1 amide bonds. The molecule has 1 aromatic heterocycles. The minimum atomic E-state index is -0.204. The maximum atomic E-state index is 12.7. The lowest BCUT2D eigenvalue weighted by molar-refractivity contribution is 0.0940. The number of carbonyl (C=O) groups excluding carboxylic acids is 1. The molecule has 1 N–H and O–H groups in total. The van der Waals surface area contributed by atoms with Gasteiger partial charge in [0.1, 0.15) is 23.8 Å². The van der Waals surface area contributed by atoms with Crippen molar-refractivity contribution in [3.05, 3.63) is 96.1 Å². The number of benzene rings is 3. The molecule has 0 saturated carbocycles. The van der Waals surface area contributed by atoms with Crippen molar-refractivity contribution in [2.45, 2.75) is 13.8 Å². The molecule has 33 heavy (non-hydrogen) atoms. The van der Waals surface area contributed by atoms with Crippen molar-refractivity contribution < 1.29 is 14.3 Å². The van der Waals surface area contributed by atoms with Gasteiger partial charge in [0.25, 0.3) is 5.91 Å². The SMILES string of the molecule is COc1ccc(OCCNC(=O)c2cncn2-c2ccc(-c3cc(C)cc(C)c3)cc2)cc1. The number of hydrogen-bond donors (Lipinski definition) is 1. The van der Waals surface area contributed by atoms with Gasteiger partial charge in [-0.1, -0.05) is 41.5 Å². The fourth-order valence-corrected chi connectivity index (χ4v) is 3.72. The number of aromatic nitrogens is 2. The highest BCUT2D eigenvalue weighted by molar-refractivity contribution is 5.93. The van der Waals surface area contributed by atoms with E-state index in [1.165, 1.54) is 16.7 Å². The van der Waals surface area contributed by atoms with Gasteiger partial charge in [-0.15, -0.1) is 0 Å². The molecule has 0 bridgehead atoms. The van der Waals surface area contributed by atoms with E-state index in [2.05, 4.69) is 54.5 Å². The first-order chi connectivity index (χ1) is 16.0. The van der Waals surface area contributed by atoms with Crippen molar-refractivity contribution >= 4 is 5.91 Å². The van der Waals surface area contributed by atoms with Crippen LogP contribution in [0.2, 0.25) is 0 Å². The summed E-state index contributed by atoms with van der Waals surface area (Å²) in [6.07, 6.45) is 3.21. The second-order valence-electron chi connectivity index (χ2n) is 7.85. The molecule has 168 valence electrons. The lowest BCUT2D eigenvalue weighted by Gasteiger charge is -2.11. The third-order valence-corrected chi connectivity index (χ3v) is 5.29. The third-order valence-electron chi connectivity index (χ3n) is 5.29. The standard InChI is InChI=1S/C27H27N3O3/c1-19-14-20(2)16-22(15-19)21-4-6-23(7-5-21)30-18-28-17-26(30)27(31)29-12-13-33-25-10-8-24(32-3)9-11-25/h4-11,14-18H,12-13H2,1-3H3,(H,29,31). The Balaban J connectivity index is 1.38. The molecule has 1 heterocycles. The Morgan fingerprint density at radius 1 is 0.909 bits per heavy atom. The highest BCUT2D eigenvalue weighted by Gasteiger charge is 2.13. The number of methoxy groups -OCH3 is 1. The van der Waals surface area contributed by atoms with Crippen LogP contribution < -0.4 is 14.8 Å². The Bertz CT molecular complexity index is 1210. The van der Waals surface area contributed by atoms with Crippen molar-refractivity contribution in [3.63, 3.8) is 0 Å². The number of rotatable bonds is 8. The Kier molecular flexibility index (Phi) is 6.74. The molecule has 6 nitrogen and oxygen atoms in total. The van der Waals surface area contributed by atoms with Crippen LogP contribution in [0.3, 0.4) is 0 Å². The molecule has 0 atom stereocenters. The zero-order chi connectivity index (χ0) is 23.2. The first-order valence-corrected chi connectivity index (χ1v) is 10.8. The van der Waals surface area contributed by atoms with Crippen LogP contribution in [0.1, 0.15) is 21.6 Å². The summed E-state index contributed by atoms with van der Waals surface area (Å²) in [6, 6.07) is 22.0. The molecular formula is C27H27N3O3. The average Bonchev–Trinajstić information content (AvgIpc) is 3.32. The van der Waals surface area contributed by atoms with Gasteiger partial charge in [-0.2, -0.15) is 0 Å². The molecule has 0 aliphatic rings. The lowest BCUT2D eigenvalue weighted by atomic mass is 10.0. The number of hydrogen-bond acceptors (Lipinski definition) is 4. The van der Waals surface area contributed by atoms with Crippen LogP contribution in [0.5, 0.6) is 11.5 Å². The van der Waals surface area contributed by atoms with Crippen molar-refractivity contribution in [2.75, 3.05) is 20.3 Å². The summed E-state index contributed by atoms with van der Waals surface area (Å²) >= 11 is 0. The van der Waals surface area contributed by atoms with E-state index in [1.54, 1.807) is 24.2 Å². The van der Waals surface area contributed by atoms with E-state index < -0.39 is 0 Å². The van der Waals surface area contributed by atoms with E-state index in [0.717, 1.165) is 22.7 Å². The molecule has 0 radical (unpaired) electrons. The Hall–Kier alpha value is -4.06. The van der Waals surface area contributed by atoms with Crippen LogP contribution in [-0.2, 0) is 0 Å². The van der Waals surface area contributed by atoms with Crippen LogP contribution in [0.15, 0.2) is 79.3 Å². The Morgan fingerprint density at radius 3 is 2.24 bits per heavy atom. The molecule has 3 aromatic carbocycles. The normalized spacial score (nSPS) is 10.6. The quantitative estimate of drug-likeness (QED) is 0.392. The minimum Gasteiger partial charge on any atom is -0.497 e. The molecular weight excluding hydrogens is 414 g/mol. The second-order valence-corrected chi connectivity index (χ2v) is 7.85. The molecule has 0 saturated heterocycles. The summed E-state index contributed by atoms with van der Waals surface area (Å²) in [5.74, 6) is 1.29. The topological polar surface area (TPSA) is 65.4 Å². The van der Waals surface area contributed by atoms with Gasteiger partial charge in [-0.3, -0.25) is 9.36 Å². The number of aryl methyl sites for hydroxylation is 2. The Morgan fingerprint density at radius 2 is 1.58 bits per heavy atom. The van der Waals surface area contributed by atoms with Crippen LogP contribution in [-0.4, -0.2) is 35.7 Å². The summed E-state index contributed by atoms with van der Waals surface area (Å²) < 4.78 is 12.6. The number of amides is 1. The van der Waals surface area contributed by atoms with E-state index >= 15 is 0 Å². The number of nitrogens with one attached hydrogen (secondary N) is 1. The smallest absolute Gasteiger partial charge is 0.270 e. The van der Waals surface area contributed by atoms with Gasteiger partial charge in [0.15, 0.2) is 0 Å². The maximum absolute atomic E-state index is 12.7. The van der Waals surface area contributed by atoms with Crippen molar-refractivity contribution in [2.24, 2.45) is 0 Å². The van der Waals surface area contributed by atoms with Gasteiger partial charge in [-0.25, -0.2) is 4.98 Å². The van der Waals surface area contributed by atoms with Crippen molar-refractivity contribution in [1.82, 2.24) is 14.9 Å². The highest BCUT2D eigenvalue weighted by Crippen LogP contribution is 2.24. The van der Waals surface area contributed by atoms with E-state index in [-0.39, 0.29) is 5.91 Å². The minimum absolute atomic E-state index is 0.204. The second kappa shape index (κ2) is 10.0. The molecule has 0 spiro atoms. The number of ether oxygens (including phenoxy) is 2. The first-order valence-electron chi connectivity index (χ1n) is 10.8. The van der Waals surface area contributed by atoms with Crippen LogP contribution in [0.25, 0.3) is 16.8 Å². The summed E-state index contributed by atoms with van der Waals surface area (Å²) in [5, 5.41) is 2.89. The molecule has 4 rings (SSSR count). The predicted octanol–water partition coefficient (Wildman–Crippen LogP) is 4.97. The van der Waals surface area contributed by atoms with Gasteiger partial charge in [0.2, 0.25) is 0 Å². The van der Waals surface area contributed by atoms with Gasteiger partial charge < -0.3 is 14.8 Å². The van der Waals surface area contributed by atoms with Gasteiger partial charge in [0.05, 0.1) is 26.2 Å². The van der Waals surface area contributed by atoms with E-state index in [4.69, 9.17) is 9.47 Å². The lowest BCUT2D eigenvalue weighted by Crippen LogP contribution is -2.29. The first kappa shape index (κ1) is 22.1. The predicted molar refractivity (Wildman–Crippen MR) is 129 cm³/mol. The third kappa shape index (κ3) is 5.41. The zero-order valence-electron chi connectivity index (χ0n) is 19.0. The summed E-state index contributed by atoms with van der Waals surface area (Å²) in [6.45, 7) is 4.94. The Labute approximate surface area is 193 Å². The van der Waals surface area contributed by atoms with Crippen molar-refractivity contribution in [1.29, 1.82) is 0 Å². The fourth-order valence-electron chi connectivity index (χ4n) is 3.72. The monoisotopic (exact) mass is 441 g/mol. The summed E-state index contributed by atoms with van der Waals surface area (Å²) in [5.41, 5.74) is 6.13. The zero-order valence-corrected chi connectivity index (χ0v) is 19.0. The van der Waals surface area contributed by atoms with E-state index in [9.17, 15) is 4.79 Å². The fraction of sp³-hybridized carbons (Fsp3) is 0.185. The van der Waals surface area contributed by atoms with Crippen LogP contribution >= 0.6 is 0 Å².